The highest BCUT2D eigenvalue weighted by Crippen LogP contribution is 2.44. The number of halogens is 4. The fourth-order valence-electron chi connectivity index (χ4n) is 0. The lowest BCUT2D eigenvalue weighted by molar-refractivity contribution is 2.00. The second-order valence-electron chi connectivity index (χ2n) is 0.523. The Labute approximate surface area is 66.7 Å². The lowest BCUT2D eigenvalue weighted by atomic mass is 11.9. The van der Waals surface area contributed by atoms with Crippen LogP contribution in [0.1, 0.15) is 0 Å². The predicted molar refractivity (Wildman–Crippen MR) is 39.9 cm³/mol. The van der Waals surface area contributed by atoms with Crippen LogP contribution in [0.15, 0.2) is 0 Å². The van der Waals surface area contributed by atoms with E-state index in [-0.39, 0.29) is 0 Å². The zero-order valence-corrected chi connectivity index (χ0v) is 7.92. The van der Waals surface area contributed by atoms with E-state index in [0.29, 0.717) is 0 Å². The molecule has 0 amide bonds. The summed E-state index contributed by atoms with van der Waals surface area (Å²) in [5, 5.41) is 0. The van der Waals surface area contributed by atoms with E-state index in [9.17, 15) is 0 Å². The van der Waals surface area contributed by atoms with Crippen LogP contribution in [0.4, 0.5) is 0 Å². The molecule has 0 fully saturated rings. The van der Waals surface area contributed by atoms with Gasteiger partial charge < -0.3 is 0 Å². The molecule has 0 heterocycles. The van der Waals surface area contributed by atoms with Crippen molar-refractivity contribution in [1.29, 1.82) is 0 Å². The molecular formula is CBr2Cl2S. The van der Waals surface area contributed by atoms with E-state index >= 15 is 0 Å². The molecule has 5 heteroatoms. The summed E-state index contributed by atoms with van der Waals surface area (Å²) in [6, 6.07) is 0. The lowest BCUT2D eigenvalue weighted by Gasteiger charge is -2.00. The first kappa shape index (κ1) is 7.89. The second kappa shape index (κ2) is 3.02. The Kier molecular flexibility index (Phi) is 3.98. The molecule has 6 heavy (non-hydrogen) atoms. The standard InChI is InChI=1S/CBr2Cl2S/c2-1(3,4)6-5. The van der Waals surface area contributed by atoms with Crippen molar-refractivity contribution in [2.75, 3.05) is 0 Å². The fourth-order valence-corrected chi connectivity index (χ4v) is 0. The summed E-state index contributed by atoms with van der Waals surface area (Å²) in [5.74, 6) is 0. The zero-order valence-electron chi connectivity index (χ0n) is 2.42. The summed E-state index contributed by atoms with van der Waals surface area (Å²) in [4.78, 5) is 0. The minimum atomic E-state index is -0.679. The van der Waals surface area contributed by atoms with E-state index in [1.165, 1.54) is 0 Å². The van der Waals surface area contributed by atoms with Crippen LogP contribution in [0.2, 0.25) is 0 Å². The van der Waals surface area contributed by atoms with E-state index in [0.717, 1.165) is 11.0 Å². The van der Waals surface area contributed by atoms with Crippen LogP contribution in [-0.2, 0) is 0 Å². The summed E-state index contributed by atoms with van der Waals surface area (Å²) in [5.41, 5.74) is 0. The number of hydrogen-bond acceptors (Lipinski definition) is 1. The number of hydrogen-bond donors (Lipinski definition) is 0. The molecule has 0 aromatic carbocycles. The number of alkyl halides is 3. The molecule has 0 atom stereocenters. The highest BCUT2D eigenvalue weighted by atomic mass is 79.9. The van der Waals surface area contributed by atoms with Gasteiger partial charge in [-0.05, 0) is 53.5 Å². The summed E-state index contributed by atoms with van der Waals surface area (Å²) < 4.78 is -0.679. The van der Waals surface area contributed by atoms with Crippen molar-refractivity contribution in [2.45, 2.75) is 2.02 Å². The topological polar surface area (TPSA) is 0 Å². The summed E-state index contributed by atoms with van der Waals surface area (Å²) in [6.45, 7) is 0. The van der Waals surface area contributed by atoms with Crippen molar-refractivity contribution >= 4 is 65.1 Å². The van der Waals surface area contributed by atoms with Crippen molar-refractivity contribution < 1.29 is 0 Å². The van der Waals surface area contributed by atoms with Gasteiger partial charge in [-0.25, -0.2) is 0 Å². The molecule has 0 unspecified atom stereocenters. The minimum absolute atomic E-state index is 0.679. The van der Waals surface area contributed by atoms with E-state index in [1.54, 1.807) is 0 Å². The molecular weight excluding hydrogens is 275 g/mol. The molecule has 0 N–H and O–H groups in total. The maximum atomic E-state index is 5.38. The average molecular weight is 275 g/mol. The van der Waals surface area contributed by atoms with Gasteiger partial charge >= 0.3 is 0 Å². The van der Waals surface area contributed by atoms with Crippen LogP contribution in [0, 0.1) is 0 Å². The molecule has 0 aliphatic heterocycles. The zero-order chi connectivity index (χ0) is 5.21. The van der Waals surface area contributed by atoms with E-state index < -0.39 is 2.02 Å². The Hall–Kier alpha value is 1.89. The van der Waals surface area contributed by atoms with E-state index in [2.05, 4.69) is 31.9 Å². The van der Waals surface area contributed by atoms with Crippen LogP contribution < -0.4 is 0 Å². The average Bonchev–Trinajstić information content (AvgIpc) is 1.35. The molecule has 0 saturated heterocycles. The monoisotopic (exact) mass is 272 g/mol. The van der Waals surface area contributed by atoms with Gasteiger partial charge in [-0.2, -0.15) is 0 Å². The Morgan fingerprint density at radius 2 is 1.67 bits per heavy atom. The molecule has 0 aliphatic carbocycles. The third kappa shape index (κ3) is 5.89. The summed E-state index contributed by atoms with van der Waals surface area (Å²) >= 11 is 11.4. The molecule has 38 valence electrons. The molecule has 0 spiro atoms. The first-order chi connectivity index (χ1) is 2.56. The molecule has 0 radical (unpaired) electrons. The van der Waals surface area contributed by atoms with Crippen molar-refractivity contribution in [3.63, 3.8) is 0 Å². The highest BCUT2D eigenvalue weighted by molar-refractivity contribution is 9.29. The quantitative estimate of drug-likeness (QED) is 0.660. The minimum Gasteiger partial charge on any atom is -0.0804 e. The van der Waals surface area contributed by atoms with Crippen LogP contribution in [0.5, 0.6) is 0 Å². The fraction of sp³-hybridized carbons (Fsp3) is 1.00. The summed E-state index contributed by atoms with van der Waals surface area (Å²) in [7, 11) is 6.12. The first-order valence-electron chi connectivity index (χ1n) is 0.925. The molecule has 0 nitrogen and oxygen atoms in total. The third-order valence-electron chi connectivity index (χ3n) is 0.0875. The largest absolute Gasteiger partial charge is 0.213 e. The Balaban J connectivity index is 3.17. The molecule has 0 aromatic heterocycles. The van der Waals surface area contributed by atoms with Gasteiger partial charge in [-0.1, -0.05) is 11.6 Å². The Morgan fingerprint density at radius 3 is 1.67 bits per heavy atom. The van der Waals surface area contributed by atoms with Gasteiger partial charge in [0.05, 0.1) is 0 Å². The van der Waals surface area contributed by atoms with Crippen LogP contribution in [-0.4, -0.2) is 2.02 Å². The maximum Gasteiger partial charge on any atom is 0.213 e. The first-order valence-corrected chi connectivity index (χ1v) is 4.53. The third-order valence-corrected chi connectivity index (χ3v) is 3.51. The van der Waals surface area contributed by atoms with Gasteiger partial charge in [0.1, 0.15) is 0 Å². The summed E-state index contributed by atoms with van der Waals surface area (Å²) in [6.07, 6.45) is 0. The molecule has 0 saturated carbocycles. The van der Waals surface area contributed by atoms with Crippen molar-refractivity contribution in [3.05, 3.63) is 0 Å². The van der Waals surface area contributed by atoms with Gasteiger partial charge in [-0.3, -0.25) is 0 Å². The van der Waals surface area contributed by atoms with Crippen molar-refractivity contribution in [2.24, 2.45) is 0 Å². The van der Waals surface area contributed by atoms with Crippen molar-refractivity contribution in [3.8, 4) is 0 Å². The van der Waals surface area contributed by atoms with Crippen molar-refractivity contribution in [1.82, 2.24) is 0 Å². The second-order valence-corrected chi connectivity index (χ2v) is 7.95. The van der Waals surface area contributed by atoms with Gasteiger partial charge in [0.2, 0.25) is 2.02 Å². The smallest absolute Gasteiger partial charge is 0.0804 e. The van der Waals surface area contributed by atoms with Gasteiger partial charge in [0.25, 0.3) is 0 Å². The van der Waals surface area contributed by atoms with Gasteiger partial charge in [0, 0.05) is 0 Å². The van der Waals surface area contributed by atoms with Crippen LogP contribution in [0.3, 0.4) is 0 Å². The van der Waals surface area contributed by atoms with Crippen LogP contribution >= 0.6 is 65.1 Å². The molecule has 0 bridgehead atoms. The SMILES string of the molecule is ClSC(Cl)(Br)Br. The van der Waals surface area contributed by atoms with Gasteiger partial charge in [0.15, 0.2) is 0 Å². The number of rotatable bonds is 1. The predicted octanol–water partition coefficient (Wildman–Crippen LogP) is 3.51. The Morgan fingerprint density at radius 1 is 1.50 bits per heavy atom. The molecule has 0 aliphatic rings. The lowest BCUT2D eigenvalue weighted by Crippen LogP contribution is -1.83. The molecule has 0 aromatic rings. The molecule has 0 rings (SSSR count). The van der Waals surface area contributed by atoms with Crippen LogP contribution in [0.25, 0.3) is 0 Å². The van der Waals surface area contributed by atoms with E-state index in [4.69, 9.17) is 22.3 Å². The normalized spacial score (nSPS) is 12.0. The van der Waals surface area contributed by atoms with E-state index in [1.807, 2.05) is 0 Å². The maximum absolute atomic E-state index is 5.38. The highest BCUT2D eigenvalue weighted by Gasteiger charge is 2.16. The van der Waals surface area contributed by atoms with Gasteiger partial charge in [-0.15, -0.1) is 0 Å². The Bertz CT molecular complexity index is 41.3.